The number of amides is 1. The standard InChI is InChI=1S/C20H22N2O4/c1-3-24-17-7-4-15(5-8-17)12-20(23)22-21-14(2)16-6-9-18-19(13-16)26-11-10-25-18/h4-9,13H,3,10-12H2,1-2H3,(H,22,23)/b21-14-. The molecule has 1 N–H and O–H groups in total. The molecule has 1 amide bonds. The number of carbonyl (C=O) groups is 1. The molecule has 0 fully saturated rings. The number of rotatable bonds is 6. The molecule has 3 rings (SSSR count). The van der Waals surface area contributed by atoms with E-state index in [-0.39, 0.29) is 12.3 Å². The van der Waals surface area contributed by atoms with Crippen molar-refractivity contribution < 1.29 is 19.0 Å². The van der Waals surface area contributed by atoms with Gasteiger partial charge in [0.25, 0.3) is 0 Å². The average Bonchev–Trinajstić information content (AvgIpc) is 2.67. The van der Waals surface area contributed by atoms with E-state index in [0.717, 1.165) is 22.6 Å². The van der Waals surface area contributed by atoms with Crippen molar-refractivity contribution in [1.82, 2.24) is 5.43 Å². The maximum atomic E-state index is 12.1. The SMILES string of the molecule is CCOc1ccc(CC(=O)N/N=C(/C)c2ccc3c(c2)OCCO3)cc1. The third-order valence-corrected chi connectivity index (χ3v) is 3.91. The van der Waals surface area contributed by atoms with Gasteiger partial charge in [-0.15, -0.1) is 0 Å². The number of hydrazone groups is 1. The van der Waals surface area contributed by atoms with Crippen molar-refractivity contribution in [3.63, 3.8) is 0 Å². The summed E-state index contributed by atoms with van der Waals surface area (Å²) in [5, 5.41) is 4.18. The summed E-state index contributed by atoms with van der Waals surface area (Å²) in [5.41, 5.74) is 5.06. The lowest BCUT2D eigenvalue weighted by Gasteiger charge is -2.18. The molecule has 2 aromatic rings. The number of hydrogen-bond donors (Lipinski definition) is 1. The number of hydrogen-bond acceptors (Lipinski definition) is 5. The largest absolute Gasteiger partial charge is 0.494 e. The Kier molecular flexibility index (Phi) is 5.73. The third-order valence-electron chi connectivity index (χ3n) is 3.91. The minimum Gasteiger partial charge on any atom is -0.494 e. The Morgan fingerprint density at radius 3 is 2.58 bits per heavy atom. The van der Waals surface area contributed by atoms with Crippen molar-refractivity contribution >= 4 is 11.6 Å². The molecule has 0 aliphatic carbocycles. The van der Waals surface area contributed by atoms with Crippen LogP contribution in [0.1, 0.15) is 25.0 Å². The zero-order chi connectivity index (χ0) is 18.4. The van der Waals surface area contributed by atoms with Crippen molar-refractivity contribution in [3.8, 4) is 17.2 Å². The number of nitrogens with one attached hydrogen (secondary N) is 1. The first-order valence-corrected chi connectivity index (χ1v) is 8.60. The summed E-state index contributed by atoms with van der Waals surface area (Å²) in [6, 6.07) is 13.1. The maximum Gasteiger partial charge on any atom is 0.244 e. The normalized spacial score (nSPS) is 13.2. The van der Waals surface area contributed by atoms with Gasteiger partial charge in [-0.2, -0.15) is 5.10 Å². The van der Waals surface area contributed by atoms with E-state index in [1.54, 1.807) is 0 Å². The van der Waals surface area contributed by atoms with Crippen molar-refractivity contribution in [2.45, 2.75) is 20.3 Å². The summed E-state index contributed by atoms with van der Waals surface area (Å²) in [7, 11) is 0. The van der Waals surface area contributed by atoms with Crippen LogP contribution in [0.2, 0.25) is 0 Å². The first-order valence-electron chi connectivity index (χ1n) is 8.60. The molecule has 0 spiro atoms. The second-order valence-corrected chi connectivity index (χ2v) is 5.84. The van der Waals surface area contributed by atoms with E-state index in [0.29, 0.717) is 31.3 Å². The average molecular weight is 354 g/mol. The predicted octanol–water partition coefficient (Wildman–Crippen LogP) is 2.94. The zero-order valence-electron chi connectivity index (χ0n) is 15.0. The molecular weight excluding hydrogens is 332 g/mol. The molecule has 0 radical (unpaired) electrons. The molecule has 0 saturated heterocycles. The maximum absolute atomic E-state index is 12.1. The fourth-order valence-electron chi connectivity index (χ4n) is 2.57. The van der Waals surface area contributed by atoms with Gasteiger partial charge in [-0.1, -0.05) is 12.1 Å². The first-order chi connectivity index (χ1) is 12.7. The zero-order valence-corrected chi connectivity index (χ0v) is 15.0. The van der Waals surface area contributed by atoms with E-state index in [1.165, 1.54) is 0 Å². The number of carbonyl (C=O) groups excluding carboxylic acids is 1. The van der Waals surface area contributed by atoms with Crippen molar-refractivity contribution in [2.24, 2.45) is 5.10 Å². The first kappa shape index (κ1) is 17.8. The highest BCUT2D eigenvalue weighted by Gasteiger charge is 2.12. The van der Waals surface area contributed by atoms with Crippen molar-refractivity contribution in [1.29, 1.82) is 0 Å². The molecule has 0 unspecified atom stereocenters. The molecule has 1 aliphatic rings. The minimum atomic E-state index is -0.175. The molecule has 26 heavy (non-hydrogen) atoms. The van der Waals surface area contributed by atoms with Crippen LogP contribution in [0.3, 0.4) is 0 Å². The van der Waals surface area contributed by atoms with Crippen molar-refractivity contribution in [3.05, 3.63) is 53.6 Å². The Balaban J connectivity index is 1.58. The summed E-state index contributed by atoms with van der Waals surface area (Å²) in [6.45, 7) is 5.48. The minimum absolute atomic E-state index is 0.175. The lowest BCUT2D eigenvalue weighted by Crippen LogP contribution is -2.21. The molecule has 1 aliphatic heterocycles. The second kappa shape index (κ2) is 8.38. The molecule has 0 bridgehead atoms. The van der Waals surface area contributed by atoms with Crippen molar-refractivity contribution in [2.75, 3.05) is 19.8 Å². The van der Waals surface area contributed by atoms with Gasteiger partial charge in [0.15, 0.2) is 11.5 Å². The van der Waals surface area contributed by atoms with Crippen LogP contribution in [0.4, 0.5) is 0 Å². The highest BCUT2D eigenvalue weighted by Crippen LogP contribution is 2.30. The van der Waals surface area contributed by atoms with Gasteiger partial charge in [0.05, 0.1) is 18.7 Å². The Hall–Kier alpha value is -3.02. The van der Waals surface area contributed by atoms with E-state index in [4.69, 9.17) is 14.2 Å². The molecule has 1 heterocycles. The summed E-state index contributed by atoms with van der Waals surface area (Å²) in [6.07, 6.45) is 0.254. The van der Waals surface area contributed by atoms with Gasteiger partial charge in [-0.3, -0.25) is 4.79 Å². The van der Waals surface area contributed by atoms with Crippen LogP contribution in [0, 0.1) is 0 Å². The van der Waals surface area contributed by atoms with Gasteiger partial charge in [0.1, 0.15) is 19.0 Å². The van der Waals surface area contributed by atoms with E-state index in [9.17, 15) is 4.79 Å². The Morgan fingerprint density at radius 2 is 1.85 bits per heavy atom. The Labute approximate surface area is 152 Å². The van der Waals surface area contributed by atoms with Gasteiger partial charge >= 0.3 is 0 Å². The second-order valence-electron chi connectivity index (χ2n) is 5.84. The van der Waals surface area contributed by atoms with Gasteiger partial charge in [0.2, 0.25) is 5.91 Å². The van der Waals surface area contributed by atoms with Crippen LogP contribution in [0.5, 0.6) is 17.2 Å². The van der Waals surface area contributed by atoms with Crippen LogP contribution in [0.15, 0.2) is 47.6 Å². The van der Waals surface area contributed by atoms with Crippen LogP contribution >= 0.6 is 0 Å². The van der Waals surface area contributed by atoms with E-state index in [2.05, 4.69) is 10.5 Å². The van der Waals surface area contributed by atoms with E-state index >= 15 is 0 Å². The number of nitrogens with zero attached hydrogens (tertiary/aromatic N) is 1. The quantitative estimate of drug-likeness (QED) is 0.640. The summed E-state index contributed by atoms with van der Waals surface area (Å²) < 4.78 is 16.5. The number of benzene rings is 2. The predicted molar refractivity (Wildman–Crippen MR) is 99.1 cm³/mol. The van der Waals surface area contributed by atoms with Gasteiger partial charge in [-0.25, -0.2) is 5.43 Å². The van der Waals surface area contributed by atoms with Gasteiger partial charge < -0.3 is 14.2 Å². The smallest absolute Gasteiger partial charge is 0.244 e. The molecule has 0 aromatic heterocycles. The monoisotopic (exact) mass is 354 g/mol. The molecule has 0 atom stereocenters. The molecule has 0 saturated carbocycles. The van der Waals surface area contributed by atoms with Gasteiger partial charge in [-0.05, 0) is 49.7 Å². The number of ether oxygens (including phenoxy) is 3. The highest BCUT2D eigenvalue weighted by atomic mass is 16.6. The third kappa shape index (κ3) is 4.53. The molecule has 2 aromatic carbocycles. The van der Waals surface area contributed by atoms with Crippen LogP contribution in [0.25, 0.3) is 0 Å². The molecule has 6 heteroatoms. The van der Waals surface area contributed by atoms with Crippen LogP contribution < -0.4 is 19.6 Å². The molecule has 136 valence electrons. The Bertz CT molecular complexity index is 800. The highest BCUT2D eigenvalue weighted by molar-refractivity contribution is 5.99. The number of fused-ring (bicyclic) bond motifs is 1. The van der Waals surface area contributed by atoms with Crippen LogP contribution in [-0.4, -0.2) is 31.4 Å². The lowest BCUT2D eigenvalue weighted by molar-refractivity contribution is -0.120. The summed E-state index contributed by atoms with van der Waals surface area (Å²) in [4.78, 5) is 12.1. The van der Waals surface area contributed by atoms with E-state index in [1.807, 2.05) is 56.3 Å². The lowest BCUT2D eigenvalue weighted by atomic mass is 10.1. The summed E-state index contributed by atoms with van der Waals surface area (Å²) in [5.74, 6) is 2.05. The fraction of sp³-hybridized carbons (Fsp3) is 0.300. The van der Waals surface area contributed by atoms with Crippen LogP contribution in [-0.2, 0) is 11.2 Å². The molecular formula is C20H22N2O4. The molecule has 6 nitrogen and oxygen atoms in total. The van der Waals surface area contributed by atoms with Gasteiger partial charge in [0, 0.05) is 5.56 Å². The summed E-state index contributed by atoms with van der Waals surface area (Å²) >= 11 is 0. The Morgan fingerprint density at radius 1 is 1.12 bits per heavy atom. The fourth-order valence-corrected chi connectivity index (χ4v) is 2.57. The van der Waals surface area contributed by atoms with E-state index < -0.39 is 0 Å². The topological polar surface area (TPSA) is 69.2 Å².